The Morgan fingerprint density at radius 1 is 1.25 bits per heavy atom. The molecule has 0 bridgehead atoms. The van der Waals surface area contributed by atoms with Crippen molar-refractivity contribution in [2.24, 2.45) is 5.92 Å². The van der Waals surface area contributed by atoms with Crippen LogP contribution >= 0.6 is 0 Å². The zero-order chi connectivity index (χ0) is 10.9. The molecule has 2 aliphatic heterocycles. The molecule has 0 amide bonds. The zero-order valence-corrected chi connectivity index (χ0v) is 12.9. The Balaban J connectivity index is 0.00000128. The summed E-state index contributed by atoms with van der Waals surface area (Å²) in [6.45, 7) is -0.765. The van der Waals surface area contributed by atoms with E-state index < -0.39 is 12.8 Å². The molecule has 0 spiro atoms. The van der Waals surface area contributed by atoms with E-state index in [0.29, 0.717) is 18.8 Å². The van der Waals surface area contributed by atoms with Crippen molar-refractivity contribution in [2.45, 2.75) is 18.7 Å². The molecule has 2 rings (SSSR count). The molecule has 0 radical (unpaired) electrons. The molecular formula is C9H17BF3KN2. The Labute approximate surface area is 137 Å². The van der Waals surface area contributed by atoms with Gasteiger partial charge in [-0.15, -0.1) is 0 Å². The second kappa shape index (κ2) is 6.54. The van der Waals surface area contributed by atoms with E-state index in [-0.39, 0.29) is 57.9 Å². The van der Waals surface area contributed by atoms with Gasteiger partial charge in [-0.05, 0) is 25.4 Å². The molecule has 0 aromatic rings. The number of likely N-dealkylation sites (tertiary alicyclic amines) is 1. The van der Waals surface area contributed by atoms with Gasteiger partial charge >= 0.3 is 58.4 Å². The van der Waals surface area contributed by atoms with Crippen molar-refractivity contribution < 1.29 is 64.3 Å². The maximum absolute atomic E-state index is 12.6. The molecule has 0 saturated carbocycles. The Bertz CT molecular complexity index is 223. The number of hydrogen-bond acceptors (Lipinski definition) is 2. The molecule has 0 aromatic heterocycles. The van der Waals surface area contributed by atoms with Crippen LogP contribution in [0.3, 0.4) is 0 Å². The van der Waals surface area contributed by atoms with E-state index in [1.807, 2.05) is 4.90 Å². The minimum Gasteiger partial charge on any atom is -0.449 e. The summed E-state index contributed by atoms with van der Waals surface area (Å²) in [6.07, 6.45) is 1.04. The van der Waals surface area contributed by atoms with Crippen molar-refractivity contribution in [3.05, 3.63) is 0 Å². The van der Waals surface area contributed by atoms with Gasteiger partial charge in [0.25, 0.3) is 0 Å². The maximum atomic E-state index is 12.6. The predicted octanol–water partition coefficient (Wildman–Crippen LogP) is -1.48. The molecule has 1 unspecified atom stereocenters. The van der Waals surface area contributed by atoms with Gasteiger partial charge in [0.05, 0.1) is 0 Å². The molecule has 2 aliphatic rings. The summed E-state index contributed by atoms with van der Waals surface area (Å²) in [7, 11) is 0. The average molecular weight is 260 g/mol. The van der Waals surface area contributed by atoms with E-state index in [2.05, 4.69) is 5.32 Å². The second-order valence-electron chi connectivity index (χ2n) is 4.81. The van der Waals surface area contributed by atoms with Gasteiger partial charge in [0.1, 0.15) is 0 Å². The van der Waals surface area contributed by atoms with Gasteiger partial charge in [-0.2, -0.15) is 0 Å². The third-order valence-electron chi connectivity index (χ3n) is 3.46. The summed E-state index contributed by atoms with van der Waals surface area (Å²) in [6, 6.07) is 0. The summed E-state index contributed by atoms with van der Waals surface area (Å²) in [4.78, 5) is 1.99. The predicted molar refractivity (Wildman–Crippen MR) is 54.9 cm³/mol. The fourth-order valence-corrected chi connectivity index (χ4v) is 2.41. The van der Waals surface area contributed by atoms with Crippen LogP contribution < -0.4 is 56.7 Å². The van der Waals surface area contributed by atoms with Crippen LogP contribution in [0.5, 0.6) is 0 Å². The van der Waals surface area contributed by atoms with E-state index in [1.54, 1.807) is 0 Å². The third-order valence-corrected chi connectivity index (χ3v) is 3.46. The Morgan fingerprint density at radius 2 is 1.94 bits per heavy atom. The van der Waals surface area contributed by atoms with E-state index in [9.17, 15) is 12.9 Å². The first kappa shape index (κ1) is 15.5. The minimum absolute atomic E-state index is 0. The van der Waals surface area contributed by atoms with Gasteiger partial charge in [-0.25, -0.2) is 0 Å². The van der Waals surface area contributed by atoms with E-state index >= 15 is 0 Å². The summed E-state index contributed by atoms with van der Waals surface area (Å²) in [5.41, 5.74) is 0. The fraction of sp³-hybridized carbons (Fsp3) is 1.00. The van der Waals surface area contributed by atoms with Crippen molar-refractivity contribution in [3.63, 3.8) is 0 Å². The maximum Gasteiger partial charge on any atom is 1.00 e. The van der Waals surface area contributed by atoms with Gasteiger partial charge in [-0.1, -0.05) is 12.2 Å². The molecule has 1 atom stereocenters. The number of piperidine rings is 1. The largest absolute Gasteiger partial charge is 1.00 e. The minimum atomic E-state index is -4.63. The molecule has 2 saturated heterocycles. The Hall–Kier alpha value is 1.41. The molecule has 0 aliphatic carbocycles. The van der Waals surface area contributed by atoms with Gasteiger partial charge in [-0.3, -0.25) is 0 Å². The topological polar surface area (TPSA) is 15.3 Å². The van der Waals surface area contributed by atoms with Crippen molar-refractivity contribution in [1.29, 1.82) is 0 Å². The van der Waals surface area contributed by atoms with Crippen LogP contribution in [0.2, 0.25) is 5.82 Å². The van der Waals surface area contributed by atoms with Crippen molar-refractivity contribution in [1.82, 2.24) is 10.2 Å². The fourth-order valence-electron chi connectivity index (χ4n) is 2.41. The van der Waals surface area contributed by atoms with Crippen molar-refractivity contribution >= 4 is 6.98 Å². The smallest absolute Gasteiger partial charge is 0.449 e. The first-order chi connectivity index (χ1) is 7.05. The van der Waals surface area contributed by atoms with E-state index in [0.717, 1.165) is 26.2 Å². The molecule has 0 aromatic carbocycles. The van der Waals surface area contributed by atoms with Crippen LogP contribution in [0.15, 0.2) is 0 Å². The molecule has 2 nitrogen and oxygen atoms in total. The normalized spacial score (nSPS) is 28.3. The number of nitrogens with one attached hydrogen (secondary N) is 1. The van der Waals surface area contributed by atoms with Crippen LogP contribution in [0.25, 0.3) is 0 Å². The second-order valence-corrected chi connectivity index (χ2v) is 4.81. The summed E-state index contributed by atoms with van der Waals surface area (Å²) >= 11 is 0. The van der Waals surface area contributed by atoms with Crippen LogP contribution in [0.1, 0.15) is 12.8 Å². The Morgan fingerprint density at radius 3 is 2.44 bits per heavy atom. The first-order valence-electron chi connectivity index (χ1n) is 5.69. The van der Waals surface area contributed by atoms with Crippen LogP contribution in [-0.2, 0) is 0 Å². The quantitative estimate of drug-likeness (QED) is 0.623. The molecule has 2 fully saturated rings. The van der Waals surface area contributed by atoms with E-state index in [4.69, 9.17) is 0 Å². The van der Waals surface area contributed by atoms with Gasteiger partial charge in [0.2, 0.25) is 0 Å². The van der Waals surface area contributed by atoms with Crippen LogP contribution in [0.4, 0.5) is 12.9 Å². The van der Waals surface area contributed by atoms with Crippen LogP contribution in [-0.4, -0.2) is 44.6 Å². The van der Waals surface area contributed by atoms with Gasteiger partial charge in [0.15, 0.2) is 0 Å². The summed E-state index contributed by atoms with van der Waals surface area (Å²) in [5, 5.41) is 3.15. The standard InChI is InChI=1S/C9H17BF3N2.K/c11-10(12,13)9-2-1-3-15(7-9)6-8-4-14-5-8;/h8-9,14H,1-7H2;/q-1;+1. The zero-order valence-electron chi connectivity index (χ0n) is 9.76. The number of hydrogen-bond donors (Lipinski definition) is 1. The van der Waals surface area contributed by atoms with Crippen molar-refractivity contribution in [3.8, 4) is 0 Å². The Kier molecular flexibility index (Phi) is 6.32. The monoisotopic (exact) mass is 260 g/mol. The first-order valence-corrected chi connectivity index (χ1v) is 5.69. The molecule has 1 N–H and O–H groups in total. The molecule has 2 heterocycles. The number of rotatable bonds is 3. The molecule has 88 valence electrons. The van der Waals surface area contributed by atoms with Crippen LogP contribution in [0, 0.1) is 5.92 Å². The molecular weight excluding hydrogens is 243 g/mol. The summed E-state index contributed by atoms with van der Waals surface area (Å²) in [5.74, 6) is -0.462. The molecule has 7 heteroatoms. The van der Waals surface area contributed by atoms with Gasteiger partial charge < -0.3 is 23.2 Å². The van der Waals surface area contributed by atoms with Gasteiger partial charge in [0, 0.05) is 19.6 Å². The number of nitrogens with zero attached hydrogens (tertiary/aromatic N) is 1. The number of halogens is 3. The van der Waals surface area contributed by atoms with Crippen molar-refractivity contribution in [2.75, 3.05) is 32.7 Å². The molecule has 16 heavy (non-hydrogen) atoms. The third kappa shape index (κ3) is 4.26. The van der Waals surface area contributed by atoms with E-state index in [1.165, 1.54) is 0 Å². The summed E-state index contributed by atoms with van der Waals surface area (Å²) < 4.78 is 37.7. The SMILES string of the molecule is F[B-](F)(F)C1CCCN(CC2CNC2)C1.[K+]. The average Bonchev–Trinajstić information content (AvgIpc) is 2.11.